The zero-order chi connectivity index (χ0) is 26.9. The van der Waals surface area contributed by atoms with Crippen LogP contribution in [0.25, 0.3) is 0 Å². The van der Waals surface area contributed by atoms with Gasteiger partial charge < -0.3 is 24.0 Å². The van der Waals surface area contributed by atoms with E-state index in [-0.39, 0.29) is 41.8 Å². The molecule has 0 spiro atoms. The normalized spacial score (nSPS) is 31.8. The highest BCUT2D eigenvalue weighted by atomic mass is 79.9. The van der Waals surface area contributed by atoms with E-state index in [0.29, 0.717) is 37.5 Å². The Kier molecular flexibility index (Phi) is 6.04. The van der Waals surface area contributed by atoms with Gasteiger partial charge in [0.25, 0.3) is 0 Å². The summed E-state index contributed by atoms with van der Waals surface area (Å²) in [5, 5.41) is 0.752. The van der Waals surface area contributed by atoms with Gasteiger partial charge in [-0.05, 0) is 41.5 Å². The number of carbonyl (C=O) groups is 2. The van der Waals surface area contributed by atoms with Crippen LogP contribution in [-0.4, -0.2) is 67.6 Å². The van der Waals surface area contributed by atoms with Crippen LogP contribution >= 0.6 is 15.9 Å². The van der Waals surface area contributed by atoms with Crippen molar-refractivity contribution in [3.05, 3.63) is 65.2 Å². The fraction of sp³-hybridized carbons (Fsp3) is 0.484. The minimum absolute atomic E-state index is 0.0545. The molecule has 8 heteroatoms. The van der Waals surface area contributed by atoms with Crippen molar-refractivity contribution >= 4 is 33.4 Å². The van der Waals surface area contributed by atoms with Gasteiger partial charge in [-0.3, -0.25) is 9.59 Å². The van der Waals surface area contributed by atoms with E-state index < -0.39 is 5.41 Å². The van der Waals surface area contributed by atoms with Gasteiger partial charge in [0.1, 0.15) is 0 Å². The average molecular weight is 594 g/mol. The number of carbonyl (C=O) groups excluding carboxylic acids is 2. The molecule has 6 unspecified atom stereocenters. The Balaban J connectivity index is 1.44. The van der Waals surface area contributed by atoms with Crippen molar-refractivity contribution in [1.82, 2.24) is 4.90 Å². The molecular formula is C31H33BrN2O5. The number of anilines is 1. The number of halogens is 1. The Morgan fingerprint density at radius 1 is 1.15 bits per heavy atom. The number of amides is 2. The molecule has 2 aromatic rings. The molecule has 4 aliphatic heterocycles. The van der Waals surface area contributed by atoms with E-state index in [0.717, 1.165) is 35.0 Å². The Morgan fingerprint density at radius 2 is 1.92 bits per heavy atom. The number of rotatable bonds is 6. The summed E-state index contributed by atoms with van der Waals surface area (Å²) in [7, 11) is 3.27. The van der Waals surface area contributed by atoms with Crippen molar-refractivity contribution in [2.45, 2.75) is 49.3 Å². The Labute approximate surface area is 237 Å². The molecule has 0 radical (unpaired) electrons. The number of hydrogen-bond donors (Lipinski definition) is 0. The third-order valence-electron chi connectivity index (χ3n) is 9.93. The van der Waals surface area contributed by atoms with Gasteiger partial charge >= 0.3 is 0 Å². The maximum absolute atomic E-state index is 14.1. The largest absolute Gasteiger partial charge is 0.493 e. The van der Waals surface area contributed by atoms with Crippen molar-refractivity contribution in [1.29, 1.82) is 0 Å². The number of piperidine rings is 2. The van der Waals surface area contributed by atoms with E-state index in [2.05, 4.69) is 33.0 Å². The monoisotopic (exact) mass is 592 g/mol. The standard InChI is InChI=1S/C31H33BrN2O5/c1-37-23-14-21-22(15-24(23)38-2)34-28(36)16-25-29-20-13-26(31(21,9-10-32)30(29)34)33(17-19(20)8-11-39-25)27(35)12-18-6-4-3-5-7-18/h3-8,14-15,20,25-26,29-30H,9-13,16-17H2,1-2H3. The molecule has 1 aliphatic carbocycles. The van der Waals surface area contributed by atoms with Crippen LogP contribution in [0.2, 0.25) is 0 Å². The zero-order valence-corrected chi connectivity index (χ0v) is 23.9. The maximum atomic E-state index is 14.1. The molecule has 7 rings (SSSR count). The number of benzene rings is 2. The SMILES string of the molecule is COc1cc2c(cc1OC)C1(CCBr)C3CC4C(=CCOC5CC(=O)N2C1C54)CN3C(=O)Cc1ccccc1. The number of alkyl halides is 1. The van der Waals surface area contributed by atoms with Gasteiger partial charge in [-0.15, -0.1) is 0 Å². The summed E-state index contributed by atoms with van der Waals surface area (Å²) in [6, 6.07) is 13.9. The number of fused-ring (bicyclic) bond motifs is 5. The number of hydrogen-bond acceptors (Lipinski definition) is 5. The summed E-state index contributed by atoms with van der Waals surface area (Å²) in [4.78, 5) is 32.2. The van der Waals surface area contributed by atoms with Gasteiger partial charge in [0, 0.05) is 35.3 Å². The van der Waals surface area contributed by atoms with Crippen LogP contribution in [0.15, 0.2) is 54.1 Å². The summed E-state index contributed by atoms with van der Waals surface area (Å²) in [6.07, 6.45) is 4.45. The van der Waals surface area contributed by atoms with Gasteiger partial charge in [0.15, 0.2) is 11.5 Å². The maximum Gasteiger partial charge on any atom is 0.229 e. The third-order valence-corrected chi connectivity index (χ3v) is 10.3. The lowest BCUT2D eigenvalue weighted by Gasteiger charge is -2.62. The second kappa shape index (κ2) is 9.37. The van der Waals surface area contributed by atoms with E-state index in [4.69, 9.17) is 14.2 Å². The Bertz CT molecular complexity index is 1360. The highest BCUT2D eigenvalue weighted by molar-refractivity contribution is 9.09. The van der Waals surface area contributed by atoms with E-state index in [1.54, 1.807) is 14.2 Å². The smallest absolute Gasteiger partial charge is 0.229 e. The molecule has 204 valence electrons. The Hall–Kier alpha value is -2.84. The first kappa shape index (κ1) is 25.1. The second-order valence-corrected chi connectivity index (χ2v) is 12.2. The van der Waals surface area contributed by atoms with Crippen molar-refractivity contribution in [2.75, 3.05) is 37.6 Å². The minimum atomic E-state index is -0.459. The molecule has 1 saturated carbocycles. The number of nitrogens with zero attached hydrogens (tertiary/aromatic N) is 2. The van der Waals surface area contributed by atoms with Crippen LogP contribution in [0.1, 0.15) is 30.4 Å². The first-order chi connectivity index (χ1) is 19.0. The third kappa shape index (κ3) is 3.50. The van der Waals surface area contributed by atoms with Gasteiger partial charge in [0.05, 0.1) is 51.5 Å². The van der Waals surface area contributed by atoms with Crippen LogP contribution in [0.4, 0.5) is 5.69 Å². The van der Waals surface area contributed by atoms with E-state index in [1.165, 1.54) is 5.57 Å². The van der Waals surface area contributed by atoms with Crippen molar-refractivity contribution in [3.8, 4) is 11.5 Å². The molecule has 2 bridgehead atoms. The van der Waals surface area contributed by atoms with E-state index >= 15 is 0 Å². The van der Waals surface area contributed by atoms with Crippen LogP contribution in [0.3, 0.4) is 0 Å². The number of likely N-dealkylation sites (tertiary alicyclic amines) is 1. The molecule has 6 atom stereocenters. The van der Waals surface area contributed by atoms with Crippen LogP contribution < -0.4 is 14.4 Å². The molecule has 3 fully saturated rings. The lowest BCUT2D eigenvalue weighted by atomic mass is 9.51. The van der Waals surface area contributed by atoms with Gasteiger partial charge in [-0.2, -0.15) is 0 Å². The fourth-order valence-electron chi connectivity index (χ4n) is 8.49. The molecule has 39 heavy (non-hydrogen) atoms. The molecule has 2 saturated heterocycles. The molecule has 4 heterocycles. The summed E-state index contributed by atoms with van der Waals surface area (Å²) in [5.74, 6) is 1.91. The molecule has 5 aliphatic rings. The number of methoxy groups -OCH3 is 2. The lowest BCUT2D eigenvalue weighted by molar-refractivity contribution is -0.145. The minimum Gasteiger partial charge on any atom is -0.493 e. The summed E-state index contributed by atoms with van der Waals surface area (Å²) < 4.78 is 17.9. The fourth-order valence-corrected chi connectivity index (χ4v) is 9.15. The quantitative estimate of drug-likeness (QED) is 0.370. The molecule has 2 amide bonds. The highest BCUT2D eigenvalue weighted by Crippen LogP contribution is 2.65. The molecular weight excluding hydrogens is 560 g/mol. The van der Waals surface area contributed by atoms with Gasteiger partial charge in [-0.25, -0.2) is 0 Å². The molecule has 0 N–H and O–H groups in total. The number of ether oxygens (including phenoxy) is 3. The predicted octanol–water partition coefficient (Wildman–Crippen LogP) is 4.26. The molecule has 7 nitrogen and oxygen atoms in total. The topological polar surface area (TPSA) is 68.3 Å². The summed E-state index contributed by atoms with van der Waals surface area (Å²) in [5.41, 5.74) is 3.81. The molecule has 2 aromatic carbocycles. The summed E-state index contributed by atoms with van der Waals surface area (Å²) in [6.45, 7) is 1.10. The van der Waals surface area contributed by atoms with Gasteiger partial charge in [0.2, 0.25) is 11.8 Å². The van der Waals surface area contributed by atoms with E-state index in [1.807, 2.05) is 41.3 Å². The van der Waals surface area contributed by atoms with Crippen molar-refractivity contribution < 1.29 is 23.8 Å². The van der Waals surface area contributed by atoms with Crippen molar-refractivity contribution in [2.24, 2.45) is 11.8 Å². The van der Waals surface area contributed by atoms with Gasteiger partial charge in [-0.1, -0.05) is 52.3 Å². The first-order valence-corrected chi connectivity index (χ1v) is 14.9. The van der Waals surface area contributed by atoms with E-state index in [9.17, 15) is 9.59 Å². The zero-order valence-electron chi connectivity index (χ0n) is 22.3. The van der Waals surface area contributed by atoms with Crippen LogP contribution in [0.5, 0.6) is 11.5 Å². The van der Waals surface area contributed by atoms with Crippen molar-refractivity contribution in [3.63, 3.8) is 0 Å². The van der Waals surface area contributed by atoms with Crippen LogP contribution in [-0.2, 0) is 26.2 Å². The average Bonchev–Trinajstić information content (AvgIpc) is 3.10. The first-order valence-electron chi connectivity index (χ1n) is 13.8. The molecule has 0 aromatic heterocycles. The Morgan fingerprint density at radius 3 is 2.67 bits per heavy atom. The van der Waals surface area contributed by atoms with Crippen LogP contribution in [0, 0.1) is 11.8 Å². The summed E-state index contributed by atoms with van der Waals surface area (Å²) >= 11 is 3.78. The highest BCUT2D eigenvalue weighted by Gasteiger charge is 2.69. The lowest BCUT2D eigenvalue weighted by Crippen LogP contribution is -2.72. The second-order valence-electron chi connectivity index (χ2n) is 11.4. The predicted molar refractivity (Wildman–Crippen MR) is 151 cm³/mol.